The molecule has 1 amide bonds. The molecule has 1 N–H and O–H groups in total. The van der Waals surface area contributed by atoms with E-state index in [0.29, 0.717) is 24.5 Å². The van der Waals surface area contributed by atoms with E-state index >= 15 is 0 Å². The summed E-state index contributed by atoms with van der Waals surface area (Å²) < 4.78 is 13.2. The normalized spacial score (nSPS) is 16.8. The number of amides is 1. The van der Waals surface area contributed by atoms with Crippen LogP contribution in [-0.2, 0) is 11.2 Å². The molecule has 2 aliphatic rings. The summed E-state index contributed by atoms with van der Waals surface area (Å²) in [5.41, 5.74) is 2.97. The summed E-state index contributed by atoms with van der Waals surface area (Å²) in [6.07, 6.45) is 5.11. The molecule has 1 unspecified atom stereocenters. The lowest BCUT2D eigenvalue weighted by Gasteiger charge is -2.34. The summed E-state index contributed by atoms with van der Waals surface area (Å²) in [4.78, 5) is 37.8. The minimum atomic E-state index is -0.298. The van der Waals surface area contributed by atoms with Crippen LogP contribution in [-0.4, -0.2) is 42.6 Å². The van der Waals surface area contributed by atoms with Crippen LogP contribution in [0, 0.1) is 5.92 Å². The Balaban J connectivity index is 1.82. The van der Waals surface area contributed by atoms with Crippen molar-refractivity contribution >= 4 is 11.7 Å². The molecule has 1 atom stereocenters. The number of nitrogens with one attached hydrogen (secondary N) is 1. The maximum Gasteiger partial charge on any atom is 0.255 e. The monoisotopic (exact) mass is 452 g/mol. The van der Waals surface area contributed by atoms with E-state index in [4.69, 9.17) is 9.47 Å². The van der Waals surface area contributed by atoms with Crippen LogP contribution in [0.3, 0.4) is 0 Å². The summed E-state index contributed by atoms with van der Waals surface area (Å²) in [5, 5.41) is 3.05. The second-order valence-electron chi connectivity index (χ2n) is 9.36. The van der Waals surface area contributed by atoms with Gasteiger partial charge >= 0.3 is 0 Å². The molecule has 1 saturated carbocycles. The number of Topliss-reactive ketones (excluding diaryl/α,β-unsaturated/α-hetero) is 1. The Kier molecular flexibility index (Phi) is 6.70. The topological polar surface area (TPSA) is 86.6 Å². The molecule has 1 aliphatic carbocycles. The third-order valence-electron chi connectivity index (χ3n) is 6.40. The number of nitrogens with zero attached hydrogens (tertiary/aromatic N) is 1. The Morgan fingerprint density at radius 1 is 1.15 bits per heavy atom. The van der Waals surface area contributed by atoms with Crippen molar-refractivity contribution in [2.75, 3.05) is 20.3 Å². The number of pyridine rings is 1. The molecule has 0 saturated heterocycles. The average Bonchev–Trinajstić information content (AvgIpc) is 3.58. The molecule has 4 rings (SSSR count). The van der Waals surface area contributed by atoms with Crippen LogP contribution in [0.25, 0.3) is 11.3 Å². The molecule has 7 heteroatoms. The molecule has 0 radical (unpaired) electrons. The third-order valence-corrected chi connectivity index (χ3v) is 6.40. The van der Waals surface area contributed by atoms with Crippen molar-refractivity contribution in [2.45, 2.75) is 58.5 Å². The van der Waals surface area contributed by atoms with Gasteiger partial charge in [0.05, 0.1) is 23.4 Å². The molecule has 33 heavy (non-hydrogen) atoms. The van der Waals surface area contributed by atoms with Crippen LogP contribution in [0.5, 0.6) is 5.75 Å². The summed E-state index contributed by atoms with van der Waals surface area (Å²) in [7, 11) is 1.65. The van der Waals surface area contributed by atoms with E-state index in [1.807, 2.05) is 16.7 Å². The number of aromatic nitrogens is 1. The number of carbonyl (C=O) groups excluding carboxylic acids is 2. The average molecular weight is 453 g/mol. The fourth-order valence-electron chi connectivity index (χ4n) is 4.39. The maximum absolute atomic E-state index is 13.1. The number of fused-ring (bicyclic) bond motifs is 3. The first-order valence-electron chi connectivity index (χ1n) is 11.7. The molecule has 2 heterocycles. The van der Waals surface area contributed by atoms with Gasteiger partial charge in [-0.15, -0.1) is 0 Å². The van der Waals surface area contributed by atoms with E-state index in [9.17, 15) is 14.4 Å². The zero-order chi connectivity index (χ0) is 23.7. The van der Waals surface area contributed by atoms with Crippen LogP contribution < -0.4 is 15.5 Å². The number of methoxy groups -OCH3 is 1. The lowest BCUT2D eigenvalue weighted by Crippen LogP contribution is -2.29. The maximum atomic E-state index is 13.1. The van der Waals surface area contributed by atoms with Crippen LogP contribution in [0.2, 0.25) is 0 Å². The Morgan fingerprint density at radius 3 is 2.55 bits per heavy atom. The number of hydrogen-bond donors (Lipinski definition) is 1. The molecule has 1 aliphatic heterocycles. The molecular formula is C26H32N2O5. The third kappa shape index (κ3) is 4.88. The van der Waals surface area contributed by atoms with Gasteiger partial charge in [-0.1, -0.05) is 13.8 Å². The Bertz CT molecular complexity index is 1130. The highest BCUT2D eigenvalue weighted by atomic mass is 16.5. The van der Waals surface area contributed by atoms with Crippen molar-refractivity contribution in [3.05, 3.63) is 51.3 Å². The highest BCUT2D eigenvalue weighted by molar-refractivity contribution is 5.99. The molecule has 1 aromatic heterocycles. The van der Waals surface area contributed by atoms with Gasteiger partial charge in [0.2, 0.25) is 0 Å². The molecule has 0 bridgehead atoms. The van der Waals surface area contributed by atoms with Crippen molar-refractivity contribution in [1.82, 2.24) is 9.88 Å². The fourth-order valence-corrected chi connectivity index (χ4v) is 4.39. The highest BCUT2D eigenvalue weighted by Crippen LogP contribution is 2.40. The zero-order valence-corrected chi connectivity index (χ0v) is 19.8. The number of ether oxygens (including phenoxy) is 2. The van der Waals surface area contributed by atoms with E-state index in [1.54, 1.807) is 13.3 Å². The minimum absolute atomic E-state index is 0.0821. The van der Waals surface area contributed by atoms with E-state index in [0.717, 1.165) is 42.5 Å². The molecular weight excluding hydrogens is 420 g/mol. The summed E-state index contributed by atoms with van der Waals surface area (Å²) in [5.74, 6) is 0.431. The first-order chi connectivity index (χ1) is 15.8. The number of hydrogen-bond acceptors (Lipinski definition) is 5. The predicted molar refractivity (Wildman–Crippen MR) is 126 cm³/mol. The molecule has 176 valence electrons. The van der Waals surface area contributed by atoms with Gasteiger partial charge < -0.3 is 19.4 Å². The van der Waals surface area contributed by atoms with Gasteiger partial charge in [0, 0.05) is 50.0 Å². The second kappa shape index (κ2) is 9.51. The number of ketones is 1. The van der Waals surface area contributed by atoms with Gasteiger partial charge in [-0.05, 0) is 49.8 Å². The lowest BCUT2D eigenvalue weighted by molar-refractivity contribution is 0.0945. The lowest BCUT2D eigenvalue weighted by atomic mass is 9.86. The molecule has 0 spiro atoms. The van der Waals surface area contributed by atoms with Crippen molar-refractivity contribution < 1.29 is 19.1 Å². The largest absolute Gasteiger partial charge is 0.493 e. The minimum Gasteiger partial charge on any atom is -0.493 e. The highest BCUT2D eigenvalue weighted by Gasteiger charge is 2.31. The standard InChI is InChI=1S/C26H32N2O5/c1-15(2)22-10-17-11-25(33-9-5-8-32-4)20(26(31)27-18-6-7-18)12-19(17)23-13-24(30)21(16(3)29)14-28(22)23/h11-15,18,22H,5-10H2,1-4H3,(H,27,31). The van der Waals surface area contributed by atoms with Gasteiger partial charge in [-0.25, -0.2) is 0 Å². The van der Waals surface area contributed by atoms with Crippen molar-refractivity contribution in [1.29, 1.82) is 0 Å². The Hall–Kier alpha value is -2.93. The van der Waals surface area contributed by atoms with Gasteiger partial charge in [0.15, 0.2) is 11.2 Å². The van der Waals surface area contributed by atoms with E-state index in [-0.39, 0.29) is 40.7 Å². The molecule has 1 aromatic carbocycles. The van der Waals surface area contributed by atoms with Crippen LogP contribution in [0.4, 0.5) is 0 Å². The van der Waals surface area contributed by atoms with Crippen LogP contribution in [0.1, 0.15) is 72.4 Å². The van der Waals surface area contributed by atoms with Crippen molar-refractivity contribution in [3.63, 3.8) is 0 Å². The van der Waals surface area contributed by atoms with Crippen LogP contribution >= 0.6 is 0 Å². The quantitative estimate of drug-likeness (QED) is 0.462. The van der Waals surface area contributed by atoms with Crippen LogP contribution in [0.15, 0.2) is 29.2 Å². The van der Waals surface area contributed by atoms with Gasteiger partial charge in [-0.2, -0.15) is 0 Å². The second-order valence-corrected chi connectivity index (χ2v) is 9.36. The first-order valence-corrected chi connectivity index (χ1v) is 11.7. The number of rotatable bonds is 9. The van der Waals surface area contributed by atoms with Gasteiger partial charge in [-0.3, -0.25) is 14.4 Å². The SMILES string of the molecule is COCCCOc1cc2c(cc1C(=O)NC1CC1)-c1cc(=O)c(C(C)=O)cn1C(C(C)C)C2. The first kappa shape index (κ1) is 23.2. The van der Waals surface area contributed by atoms with E-state index in [1.165, 1.54) is 13.0 Å². The van der Waals surface area contributed by atoms with Crippen molar-refractivity contribution in [2.24, 2.45) is 5.92 Å². The zero-order valence-electron chi connectivity index (χ0n) is 19.8. The van der Waals surface area contributed by atoms with Crippen molar-refractivity contribution in [3.8, 4) is 17.0 Å². The smallest absolute Gasteiger partial charge is 0.255 e. The summed E-state index contributed by atoms with van der Waals surface area (Å²) in [6, 6.07) is 5.62. The molecule has 7 nitrogen and oxygen atoms in total. The predicted octanol–water partition coefficient (Wildman–Crippen LogP) is 3.78. The fraction of sp³-hybridized carbons (Fsp3) is 0.500. The molecule has 2 aromatic rings. The summed E-state index contributed by atoms with van der Waals surface area (Å²) in [6.45, 7) is 6.70. The number of carbonyl (C=O) groups is 2. The Labute approximate surface area is 194 Å². The van der Waals surface area contributed by atoms with E-state index < -0.39 is 0 Å². The molecule has 1 fully saturated rings. The Morgan fingerprint density at radius 2 is 1.91 bits per heavy atom. The number of benzene rings is 1. The van der Waals surface area contributed by atoms with Gasteiger partial charge in [0.1, 0.15) is 5.75 Å². The van der Waals surface area contributed by atoms with E-state index in [2.05, 4.69) is 19.2 Å². The summed E-state index contributed by atoms with van der Waals surface area (Å²) >= 11 is 0. The van der Waals surface area contributed by atoms with Gasteiger partial charge in [0.25, 0.3) is 5.91 Å².